The molecule has 38 heavy (non-hydrogen) atoms. The number of aryl methyl sites for hydroxylation is 2. The van der Waals surface area contributed by atoms with E-state index in [4.69, 9.17) is 5.10 Å². The third kappa shape index (κ3) is 4.06. The van der Waals surface area contributed by atoms with Crippen molar-refractivity contribution < 1.29 is 9.18 Å². The molecule has 0 aliphatic carbocycles. The van der Waals surface area contributed by atoms with Gasteiger partial charge in [0.15, 0.2) is 0 Å². The summed E-state index contributed by atoms with van der Waals surface area (Å²) in [4.78, 5) is 15.8. The van der Waals surface area contributed by atoms with Gasteiger partial charge in [-0.1, -0.05) is 61.5 Å². The molecule has 2 aromatic heterocycles. The zero-order valence-corrected chi connectivity index (χ0v) is 21.3. The molecule has 7 heteroatoms. The summed E-state index contributed by atoms with van der Waals surface area (Å²) in [5.41, 5.74) is 5.74. The van der Waals surface area contributed by atoms with E-state index in [1.165, 1.54) is 6.07 Å². The van der Waals surface area contributed by atoms with Crippen molar-refractivity contribution in [1.82, 2.24) is 19.2 Å². The third-order valence-electron chi connectivity index (χ3n) is 7.10. The molecule has 3 heterocycles. The number of fused-ring (bicyclic) bond motifs is 3. The Morgan fingerprint density at radius 2 is 1.74 bits per heavy atom. The Labute approximate surface area is 221 Å². The summed E-state index contributed by atoms with van der Waals surface area (Å²) in [5, 5.41) is 7.93. The zero-order valence-electron chi connectivity index (χ0n) is 21.3. The van der Waals surface area contributed by atoms with Crippen molar-refractivity contribution in [3.63, 3.8) is 0 Å². The van der Waals surface area contributed by atoms with Crippen LogP contribution in [0.1, 0.15) is 41.0 Å². The van der Waals surface area contributed by atoms with Gasteiger partial charge in [-0.25, -0.2) is 13.9 Å². The van der Waals surface area contributed by atoms with E-state index in [1.807, 2.05) is 88.6 Å². The van der Waals surface area contributed by atoms with Crippen molar-refractivity contribution in [3.05, 3.63) is 131 Å². The minimum absolute atomic E-state index is 0.308. The number of nitrogens with zero attached hydrogens (tertiary/aromatic N) is 4. The second-order valence-electron chi connectivity index (χ2n) is 9.49. The van der Waals surface area contributed by atoms with E-state index in [1.54, 1.807) is 19.1 Å². The van der Waals surface area contributed by atoms with Gasteiger partial charge in [0.2, 0.25) is 0 Å². The van der Waals surface area contributed by atoms with Crippen LogP contribution in [0.4, 0.5) is 14.9 Å². The number of para-hydroxylation sites is 1. The number of hydrogen-bond donors (Lipinski definition) is 1. The minimum Gasteiger partial charge on any atom is -0.308 e. The molecule has 1 N–H and O–H groups in total. The van der Waals surface area contributed by atoms with Crippen LogP contribution in [0.5, 0.6) is 0 Å². The van der Waals surface area contributed by atoms with Gasteiger partial charge in [0.1, 0.15) is 11.6 Å². The molecule has 0 fully saturated rings. The lowest BCUT2D eigenvalue weighted by Gasteiger charge is -2.31. The molecule has 6 nitrogen and oxygen atoms in total. The van der Waals surface area contributed by atoms with Crippen molar-refractivity contribution in [2.45, 2.75) is 32.9 Å². The molecule has 1 aliphatic rings. The van der Waals surface area contributed by atoms with E-state index in [2.05, 4.69) is 16.8 Å². The first-order valence-electron chi connectivity index (χ1n) is 12.8. The number of rotatable bonds is 4. The van der Waals surface area contributed by atoms with Crippen LogP contribution in [0.15, 0.2) is 97.2 Å². The Morgan fingerprint density at radius 1 is 1.00 bits per heavy atom. The first-order chi connectivity index (χ1) is 18.5. The molecule has 0 spiro atoms. The van der Waals surface area contributed by atoms with Gasteiger partial charge >= 0.3 is 6.03 Å². The normalized spacial score (nSPS) is 14.5. The van der Waals surface area contributed by atoms with E-state index >= 15 is 0 Å². The van der Waals surface area contributed by atoms with Gasteiger partial charge in [0.05, 0.1) is 29.7 Å². The number of anilines is 1. The fourth-order valence-corrected chi connectivity index (χ4v) is 5.20. The average Bonchev–Trinajstić information content (AvgIpc) is 3.53. The summed E-state index contributed by atoms with van der Waals surface area (Å²) in [6.45, 7) is 4.12. The number of aromatic nitrogens is 3. The lowest BCUT2D eigenvalue weighted by molar-refractivity contribution is 0.194. The highest BCUT2D eigenvalue weighted by Gasteiger charge is 2.36. The van der Waals surface area contributed by atoms with Gasteiger partial charge in [0.25, 0.3) is 0 Å². The first-order valence-corrected chi connectivity index (χ1v) is 12.8. The molecule has 2 amide bonds. The third-order valence-corrected chi connectivity index (χ3v) is 7.10. The van der Waals surface area contributed by atoms with Crippen LogP contribution >= 0.6 is 0 Å². The lowest BCUT2D eigenvalue weighted by atomic mass is 10.0. The smallest absolute Gasteiger partial charge is 0.308 e. The highest BCUT2D eigenvalue weighted by atomic mass is 19.1. The van der Waals surface area contributed by atoms with Crippen LogP contribution in [-0.4, -0.2) is 25.3 Å². The minimum atomic E-state index is -0.372. The number of hydrogen-bond acceptors (Lipinski definition) is 2. The van der Waals surface area contributed by atoms with Crippen molar-refractivity contribution >= 4 is 11.7 Å². The van der Waals surface area contributed by atoms with Crippen LogP contribution in [0.3, 0.4) is 0 Å². The number of carbonyl (C=O) groups excluding carboxylic acids is 1. The average molecular weight is 506 g/mol. The fourth-order valence-electron chi connectivity index (χ4n) is 5.20. The number of carbonyl (C=O) groups is 1. The Bertz CT molecular complexity index is 1610. The summed E-state index contributed by atoms with van der Waals surface area (Å²) in [6, 6.07) is 28.2. The van der Waals surface area contributed by atoms with E-state index in [0.29, 0.717) is 24.2 Å². The zero-order chi connectivity index (χ0) is 26.2. The highest BCUT2D eigenvalue weighted by Crippen LogP contribution is 2.39. The van der Waals surface area contributed by atoms with Crippen LogP contribution in [0.25, 0.3) is 11.5 Å². The van der Waals surface area contributed by atoms with Gasteiger partial charge in [-0.2, -0.15) is 5.10 Å². The summed E-state index contributed by atoms with van der Waals surface area (Å²) >= 11 is 0. The van der Waals surface area contributed by atoms with E-state index in [9.17, 15) is 9.18 Å². The summed E-state index contributed by atoms with van der Waals surface area (Å²) in [7, 11) is 0. The van der Waals surface area contributed by atoms with E-state index < -0.39 is 0 Å². The Kier molecular flexibility index (Phi) is 6.04. The molecule has 0 unspecified atom stereocenters. The van der Waals surface area contributed by atoms with E-state index in [-0.39, 0.29) is 17.9 Å². The second-order valence-corrected chi connectivity index (χ2v) is 9.49. The van der Waals surface area contributed by atoms with Crippen LogP contribution < -0.4 is 5.32 Å². The molecule has 6 rings (SSSR count). The summed E-state index contributed by atoms with van der Waals surface area (Å²) in [6.07, 6.45) is 2.74. The number of benzene rings is 3. The lowest BCUT2D eigenvalue weighted by Crippen LogP contribution is -2.38. The maximum absolute atomic E-state index is 14.3. The fraction of sp³-hybridized carbons (Fsp3) is 0.161. The van der Waals surface area contributed by atoms with Crippen molar-refractivity contribution in [2.24, 2.45) is 0 Å². The molecule has 3 aromatic carbocycles. The molecule has 5 aromatic rings. The van der Waals surface area contributed by atoms with Crippen LogP contribution in [0, 0.1) is 12.7 Å². The topological polar surface area (TPSA) is 55.1 Å². The molecule has 1 atom stereocenters. The van der Waals surface area contributed by atoms with Crippen molar-refractivity contribution in [3.8, 4) is 11.5 Å². The van der Waals surface area contributed by atoms with Gasteiger partial charge in [0, 0.05) is 17.4 Å². The summed E-state index contributed by atoms with van der Waals surface area (Å²) < 4.78 is 18.4. The van der Waals surface area contributed by atoms with Gasteiger partial charge in [-0.15, -0.1) is 0 Å². The quantitative estimate of drug-likeness (QED) is 0.292. The Balaban J connectivity index is 1.53. The van der Waals surface area contributed by atoms with Crippen molar-refractivity contribution in [2.75, 3.05) is 5.32 Å². The molecule has 0 saturated carbocycles. The molecule has 0 radical (unpaired) electrons. The SMILES string of the molecule is CCc1nn(-c2ccccc2)c2c1CN(C(=O)Nc1ccc(C)c(F)c1)[C@H](c1ccccc1)c1cccn1-2. The van der Waals surface area contributed by atoms with Crippen LogP contribution in [0.2, 0.25) is 0 Å². The summed E-state index contributed by atoms with van der Waals surface area (Å²) in [5.74, 6) is 0.567. The number of urea groups is 1. The molecule has 1 aliphatic heterocycles. The number of nitrogens with one attached hydrogen (secondary N) is 1. The predicted octanol–water partition coefficient (Wildman–Crippen LogP) is 6.81. The Morgan fingerprint density at radius 3 is 2.45 bits per heavy atom. The number of amides is 2. The van der Waals surface area contributed by atoms with Gasteiger partial charge in [-0.05, 0) is 60.9 Å². The predicted molar refractivity (Wildman–Crippen MR) is 146 cm³/mol. The number of halogens is 1. The van der Waals surface area contributed by atoms with Crippen LogP contribution in [-0.2, 0) is 13.0 Å². The largest absolute Gasteiger partial charge is 0.322 e. The first kappa shape index (κ1) is 23.7. The molecule has 0 saturated heterocycles. The maximum atomic E-state index is 14.3. The maximum Gasteiger partial charge on any atom is 0.322 e. The standard InChI is InChI=1S/C31H28FN5O/c1-3-27-25-20-36(31(38)33-23-17-16-21(2)26(32)19-23)29(22-11-6-4-7-12-22)28-15-10-18-35(28)30(25)37(34-27)24-13-8-5-9-14-24/h4-19,29H,3,20H2,1-2H3,(H,33,38)/t29-/m1/s1. The van der Waals surface area contributed by atoms with E-state index in [0.717, 1.165) is 34.0 Å². The van der Waals surface area contributed by atoms with Crippen molar-refractivity contribution in [1.29, 1.82) is 0 Å². The second kappa shape index (κ2) is 9.67. The highest BCUT2D eigenvalue weighted by molar-refractivity contribution is 5.90. The molecule has 190 valence electrons. The molecular formula is C31H28FN5O. The molecular weight excluding hydrogens is 477 g/mol. The van der Waals surface area contributed by atoms with Gasteiger partial charge < -0.3 is 14.8 Å². The molecule has 0 bridgehead atoms. The van der Waals surface area contributed by atoms with Gasteiger partial charge in [-0.3, -0.25) is 0 Å². The Hall–Kier alpha value is -4.65. The monoisotopic (exact) mass is 505 g/mol.